The van der Waals surface area contributed by atoms with E-state index in [1.54, 1.807) is 0 Å². The molecule has 0 unspecified atom stereocenters. The quantitative estimate of drug-likeness (QED) is 0.846. The maximum Gasteiger partial charge on any atom is 0.0509 e. The largest absolute Gasteiger partial charge is 0.281 e. The van der Waals surface area contributed by atoms with Crippen molar-refractivity contribution < 1.29 is 0 Å². The van der Waals surface area contributed by atoms with Gasteiger partial charge in [0.25, 0.3) is 0 Å². The molecule has 0 atom stereocenters. The Morgan fingerprint density at radius 1 is 0.739 bits per heavy atom. The van der Waals surface area contributed by atoms with E-state index in [1.165, 1.54) is 27.8 Å². The molecule has 0 amide bonds. The highest BCUT2D eigenvalue weighted by Crippen LogP contribution is 2.34. The molecule has 0 spiro atoms. The lowest BCUT2D eigenvalue weighted by Gasteiger charge is -2.23. The number of nitrogens with zero attached hydrogens (tertiary/aromatic N) is 1. The van der Waals surface area contributed by atoms with Crippen LogP contribution < -0.4 is 5.43 Å². The highest BCUT2D eigenvalue weighted by Gasteiger charge is 2.22. The van der Waals surface area contributed by atoms with Gasteiger partial charge in [-0.2, -0.15) is 5.10 Å². The van der Waals surface area contributed by atoms with E-state index < -0.39 is 0 Å². The standard InChI is InChI=1S/C21H22N2/c1-15-14-22-23-21(17(3)16(15)2)20(18-10-6-4-7-11-18)19-12-8-5-9-13-19/h4-14,20,23H,1-3H3. The summed E-state index contributed by atoms with van der Waals surface area (Å²) in [6.07, 6.45) is 1.90. The fourth-order valence-electron chi connectivity index (χ4n) is 2.97. The summed E-state index contributed by atoms with van der Waals surface area (Å²) in [7, 11) is 0. The first kappa shape index (κ1) is 15.3. The topological polar surface area (TPSA) is 24.4 Å². The number of hydrogen-bond acceptors (Lipinski definition) is 2. The first-order valence-corrected chi connectivity index (χ1v) is 7.96. The number of allylic oxidation sites excluding steroid dienone is 4. The van der Waals surface area contributed by atoms with E-state index in [1.807, 2.05) is 6.21 Å². The van der Waals surface area contributed by atoms with Crippen molar-refractivity contribution in [2.24, 2.45) is 5.10 Å². The van der Waals surface area contributed by atoms with Gasteiger partial charge in [-0.15, -0.1) is 0 Å². The molecule has 0 saturated carbocycles. The van der Waals surface area contributed by atoms with Gasteiger partial charge in [-0.25, -0.2) is 0 Å². The van der Waals surface area contributed by atoms with Gasteiger partial charge in [0.05, 0.1) is 12.1 Å². The van der Waals surface area contributed by atoms with Gasteiger partial charge >= 0.3 is 0 Å². The van der Waals surface area contributed by atoms with Crippen LogP contribution >= 0.6 is 0 Å². The molecule has 0 saturated heterocycles. The van der Waals surface area contributed by atoms with Gasteiger partial charge in [0.15, 0.2) is 0 Å². The minimum absolute atomic E-state index is 0.149. The van der Waals surface area contributed by atoms with Crippen LogP contribution in [0.2, 0.25) is 0 Å². The summed E-state index contributed by atoms with van der Waals surface area (Å²) in [5.74, 6) is 0.149. The molecule has 1 aliphatic rings. The van der Waals surface area contributed by atoms with Crippen molar-refractivity contribution in [1.82, 2.24) is 5.43 Å². The van der Waals surface area contributed by atoms with Gasteiger partial charge in [0.2, 0.25) is 0 Å². The van der Waals surface area contributed by atoms with E-state index in [0.29, 0.717) is 0 Å². The van der Waals surface area contributed by atoms with Crippen molar-refractivity contribution >= 4 is 6.21 Å². The molecule has 1 heterocycles. The molecular formula is C21H22N2. The molecular weight excluding hydrogens is 280 g/mol. The van der Waals surface area contributed by atoms with E-state index in [2.05, 4.69) is 92.0 Å². The van der Waals surface area contributed by atoms with Crippen LogP contribution in [0.5, 0.6) is 0 Å². The molecule has 2 aromatic rings. The summed E-state index contributed by atoms with van der Waals surface area (Å²) in [6, 6.07) is 21.2. The fourth-order valence-corrected chi connectivity index (χ4v) is 2.97. The van der Waals surface area contributed by atoms with Crippen molar-refractivity contribution in [2.45, 2.75) is 26.7 Å². The number of nitrogens with one attached hydrogen (secondary N) is 1. The van der Waals surface area contributed by atoms with E-state index in [9.17, 15) is 0 Å². The maximum atomic E-state index is 4.42. The molecule has 1 N–H and O–H groups in total. The van der Waals surface area contributed by atoms with E-state index in [-0.39, 0.29) is 5.92 Å². The van der Waals surface area contributed by atoms with Gasteiger partial charge in [-0.05, 0) is 48.6 Å². The monoisotopic (exact) mass is 302 g/mol. The average Bonchev–Trinajstić information content (AvgIpc) is 2.72. The van der Waals surface area contributed by atoms with Crippen molar-refractivity contribution in [1.29, 1.82) is 0 Å². The zero-order valence-electron chi connectivity index (χ0n) is 13.9. The SMILES string of the molecule is CC1=C(C)C(C)=C(C(c2ccccc2)c2ccccc2)NN=C1. The second-order valence-electron chi connectivity index (χ2n) is 5.97. The molecule has 3 rings (SSSR count). The Bertz CT molecular complexity index is 729. The predicted octanol–water partition coefficient (Wildman–Crippen LogP) is 5.02. The van der Waals surface area contributed by atoms with Crippen LogP contribution in [-0.2, 0) is 0 Å². The van der Waals surface area contributed by atoms with Gasteiger partial charge < -0.3 is 0 Å². The number of rotatable bonds is 3. The molecule has 0 aliphatic carbocycles. The minimum atomic E-state index is 0.149. The van der Waals surface area contributed by atoms with Crippen LogP contribution in [-0.4, -0.2) is 6.21 Å². The lowest BCUT2D eigenvalue weighted by molar-refractivity contribution is 0.769. The van der Waals surface area contributed by atoms with Gasteiger partial charge in [-0.3, -0.25) is 5.43 Å². The fraction of sp³-hybridized carbons (Fsp3) is 0.190. The van der Waals surface area contributed by atoms with Crippen LogP contribution in [0.15, 0.2) is 88.2 Å². The van der Waals surface area contributed by atoms with Crippen molar-refractivity contribution in [3.63, 3.8) is 0 Å². The first-order valence-electron chi connectivity index (χ1n) is 7.96. The van der Waals surface area contributed by atoms with Crippen LogP contribution in [0.3, 0.4) is 0 Å². The zero-order chi connectivity index (χ0) is 16.2. The Morgan fingerprint density at radius 3 is 1.78 bits per heavy atom. The normalized spacial score (nSPS) is 15.0. The van der Waals surface area contributed by atoms with Crippen molar-refractivity contribution in [2.75, 3.05) is 0 Å². The highest BCUT2D eigenvalue weighted by molar-refractivity contribution is 5.80. The Labute approximate surface area is 138 Å². The number of benzene rings is 2. The Kier molecular flexibility index (Phi) is 4.42. The van der Waals surface area contributed by atoms with Gasteiger partial charge in [0.1, 0.15) is 0 Å². The van der Waals surface area contributed by atoms with E-state index in [0.717, 1.165) is 5.70 Å². The van der Waals surface area contributed by atoms with Crippen LogP contribution in [0.25, 0.3) is 0 Å². The molecule has 2 nitrogen and oxygen atoms in total. The molecule has 2 heteroatoms. The minimum Gasteiger partial charge on any atom is -0.281 e. The first-order chi connectivity index (χ1) is 11.2. The zero-order valence-corrected chi connectivity index (χ0v) is 13.9. The third kappa shape index (κ3) is 3.11. The molecule has 0 fully saturated rings. The number of hydrogen-bond donors (Lipinski definition) is 1. The molecule has 1 aliphatic heterocycles. The summed E-state index contributed by atoms with van der Waals surface area (Å²) in [4.78, 5) is 0. The lowest BCUT2D eigenvalue weighted by atomic mass is 9.85. The summed E-state index contributed by atoms with van der Waals surface area (Å²) in [5, 5.41) is 4.42. The van der Waals surface area contributed by atoms with E-state index in [4.69, 9.17) is 0 Å². The molecule has 116 valence electrons. The summed E-state index contributed by atoms with van der Waals surface area (Å²) in [5.41, 5.74) is 10.7. The van der Waals surface area contributed by atoms with Crippen LogP contribution in [0.4, 0.5) is 0 Å². The Balaban J connectivity index is 2.19. The Hall–Kier alpha value is -2.61. The third-order valence-electron chi connectivity index (χ3n) is 4.56. The predicted molar refractivity (Wildman–Crippen MR) is 97.4 cm³/mol. The second kappa shape index (κ2) is 6.66. The summed E-state index contributed by atoms with van der Waals surface area (Å²) < 4.78 is 0. The summed E-state index contributed by atoms with van der Waals surface area (Å²) >= 11 is 0. The van der Waals surface area contributed by atoms with Crippen molar-refractivity contribution in [3.05, 3.63) is 94.2 Å². The third-order valence-corrected chi connectivity index (χ3v) is 4.56. The van der Waals surface area contributed by atoms with Crippen LogP contribution in [0, 0.1) is 0 Å². The maximum absolute atomic E-state index is 4.42. The number of hydrazone groups is 1. The molecule has 0 radical (unpaired) electrons. The molecule has 0 bridgehead atoms. The van der Waals surface area contributed by atoms with Crippen molar-refractivity contribution in [3.8, 4) is 0 Å². The lowest BCUT2D eigenvalue weighted by Crippen LogP contribution is -2.17. The van der Waals surface area contributed by atoms with Gasteiger partial charge in [-0.1, -0.05) is 60.7 Å². The van der Waals surface area contributed by atoms with Gasteiger partial charge in [0, 0.05) is 5.70 Å². The second-order valence-corrected chi connectivity index (χ2v) is 5.97. The molecule has 23 heavy (non-hydrogen) atoms. The summed E-state index contributed by atoms with van der Waals surface area (Å²) in [6.45, 7) is 6.44. The molecule has 0 aromatic heterocycles. The average molecular weight is 302 g/mol. The Morgan fingerprint density at radius 2 is 1.26 bits per heavy atom. The van der Waals surface area contributed by atoms with E-state index >= 15 is 0 Å². The molecule has 2 aromatic carbocycles. The van der Waals surface area contributed by atoms with Crippen LogP contribution in [0.1, 0.15) is 37.8 Å². The highest BCUT2D eigenvalue weighted by atomic mass is 15.3. The smallest absolute Gasteiger partial charge is 0.0509 e.